The number of nitrogens with zero attached hydrogens (tertiary/aromatic N) is 1. The number of halogens is 1. The molecule has 18 heavy (non-hydrogen) atoms. The van der Waals surface area contributed by atoms with Gasteiger partial charge >= 0.3 is 0 Å². The number of nitrogens with one attached hydrogen (secondary N) is 1. The molecule has 0 aliphatic carbocycles. The molecule has 0 atom stereocenters. The number of H-pyrrole nitrogens is 1. The molecular formula is C12H15FN2O2S. The predicted octanol–water partition coefficient (Wildman–Crippen LogP) is 2.50. The highest BCUT2D eigenvalue weighted by atomic mass is 32.1. The Hall–Kier alpha value is -1.24. The van der Waals surface area contributed by atoms with Gasteiger partial charge < -0.3 is 19.0 Å². The van der Waals surface area contributed by atoms with Gasteiger partial charge in [-0.3, -0.25) is 0 Å². The van der Waals surface area contributed by atoms with E-state index in [1.54, 1.807) is 13.2 Å². The number of hydrogen-bond donors (Lipinski definition) is 1. The van der Waals surface area contributed by atoms with Crippen molar-refractivity contribution in [2.45, 2.75) is 6.54 Å². The SMILES string of the molecule is COCCOCCn1c(=S)[nH]c2ccc(F)cc21. The molecule has 98 valence electrons. The number of fused-ring (bicyclic) bond motifs is 1. The molecule has 0 spiro atoms. The van der Waals surface area contributed by atoms with Gasteiger partial charge in [-0.25, -0.2) is 4.39 Å². The molecule has 1 aromatic carbocycles. The summed E-state index contributed by atoms with van der Waals surface area (Å²) in [4.78, 5) is 3.04. The Morgan fingerprint density at radius 3 is 2.94 bits per heavy atom. The molecule has 0 saturated carbocycles. The first-order valence-electron chi connectivity index (χ1n) is 5.67. The van der Waals surface area contributed by atoms with E-state index in [4.69, 9.17) is 21.7 Å². The van der Waals surface area contributed by atoms with Gasteiger partial charge in [0.25, 0.3) is 0 Å². The van der Waals surface area contributed by atoms with Crippen LogP contribution in [0.25, 0.3) is 11.0 Å². The molecule has 0 bridgehead atoms. The van der Waals surface area contributed by atoms with Crippen LogP contribution in [-0.4, -0.2) is 36.5 Å². The van der Waals surface area contributed by atoms with Gasteiger partial charge in [-0.1, -0.05) is 0 Å². The van der Waals surface area contributed by atoms with Crippen molar-refractivity contribution in [1.82, 2.24) is 9.55 Å². The van der Waals surface area contributed by atoms with Gasteiger partial charge in [0.05, 0.1) is 30.9 Å². The van der Waals surface area contributed by atoms with Crippen molar-refractivity contribution in [3.05, 3.63) is 28.8 Å². The summed E-state index contributed by atoms with van der Waals surface area (Å²) in [6.07, 6.45) is 0. The summed E-state index contributed by atoms with van der Waals surface area (Å²) < 4.78 is 25.9. The third kappa shape index (κ3) is 2.95. The molecule has 1 heterocycles. The van der Waals surface area contributed by atoms with Crippen LogP contribution in [0.1, 0.15) is 0 Å². The quantitative estimate of drug-likeness (QED) is 0.647. The Morgan fingerprint density at radius 2 is 2.17 bits per heavy atom. The van der Waals surface area contributed by atoms with E-state index in [9.17, 15) is 4.39 Å². The molecule has 1 N–H and O–H groups in total. The van der Waals surface area contributed by atoms with Gasteiger partial charge in [-0.05, 0) is 30.4 Å². The van der Waals surface area contributed by atoms with E-state index < -0.39 is 0 Å². The van der Waals surface area contributed by atoms with Crippen LogP contribution in [0.4, 0.5) is 4.39 Å². The van der Waals surface area contributed by atoms with E-state index in [0.717, 1.165) is 11.0 Å². The zero-order valence-electron chi connectivity index (χ0n) is 10.1. The van der Waals surface area contributed by atoms with Crippen LogP contribution < -0.4 is 0 Å². The lowest BCUT2D eigenvalue weighted by Gasteiger charge is -2.05. The van der Waals surface area contributed by atoms with Crippen molar-refractivity contribution in [3.63, 3.8) is 0 Å². The van der Waals surface area contributed by atoms with Gasteiger partial charge in [-0.2, -0.15) is 0 Å². The number of imidazole rings is 1. The van der Waals surface area contributed by atoms with E-state index in [0.29, 0.717) is 31.1 Å². The molecule has 0 radical (unpaired) electrons. The number of rotatable bonds is 6. The Labute approximate surface area is 109 Å². The maximum Gasteiger partial charge on any atom is 0.178 e. The topological polar surface area (TPSA) is 39.2 Å². The van der Waals surface area contributed by atoms with Gasteiger partial charge in [0.2, 0.25) is 0 Å². The molecule has 0 aliphatic rings. The first-order valence-corrected chi connectivity index (χ1v) is 6.08. The minimum Gasteiger partial charge on any atom is -0.382 e. The number of ether oxygens (including phenoxy) is 2. The minimum absolute atomic E-state index is 0.273. The summed E-state index contributed by atoms with van der Waals surface area (Å²) in [6, 6.07) is 4.56. The molecule has 0 unspecified atom stereocenters. The second-order valence-corrected chi connectivity index (χ2v) is 4.24. The summed E-state index contributed by atoms with van der Waals surface area (Å²) in [6.45, 7) is 2.21. The number of benzene rings is 1. The number of aromatic amines is 1. The maximum atomic E-state index is 13.2. The Bertz CT molecular complexity index is 579. The minimum atomic E-state index is -0.273. The largest absolute Gasteiger partial charge is 0.382 e. The third-order valence-electron chi connectivity index (χ3n) is 2.63. The highest BCUT2D eigenvalue weighted by molar-refractivity contribution is 7.71. The fourth-order valence-corrected chi connectivity index (χ4v) is 2.05. The van der Waals surface area contributed by atoms with Crippen LogP contribution in [-0.2, 0) is 16.0 Å². The molecule has 1 aromatic heterocycles. The number of hydrogen-bond acceptors (Lipinski definition) is 3. The zero-order chi connectivity index (χ0) is 13.0. The summed E-state index contributed by atoms with van der Waals surface area (Å²) in [5, 5.41) is 0. The molecule has 0 amide bonds. The lowest BCUT2D eigenvalue weighted by molar-refractivity contribution is 0.0668. The highest BCUT2D eigenvalue weighted by Gasteiger charge is 2.05. The molecule has 6 heteroatoms. The van der Waals surface area contributed by atoms with Crippen LogP contribution >= 0.6 is 12.2 Å². The molecule has 0 fully saturated rings. The fraction of sp³-hybridized carbons (Fsp3) is 0.417. The zero-order valence-corrected chi connectivity index (χ0v) is 10.9. The van der Waals surface area contributed by atoms with Crippen LogP contribution in [0.2, 0.25) is 0 Å². The van der Waals surface area contributed by atoms with Crippen molar-refractivity contribution in [2.24, 2.45) is 0 Å². The molecular weight excluding hydrogens is 255 g/mol. The summed E-state index contributed by atoms with van der Waals surface area (Å²) >= 11 is 5.20. The van der Waals surface area contributed by atoms with Gasteiger partial charge in [0, 0.05) is 13.7 Å². The second-order valence-electron chi connectivity index (χ2n) is 3.85. The van der Waals surface area contributed by atoms with Crippen LogP contribution in [0.15, 0.2) is 18.2 Å². The summed E-state index contributed by atoms with van der Waals surface area (Å²) in [7, 11) is 1.63. The molecule has 0 saturated heterocycles. The normalized spacial score (nSPS) is 11.2. The first kappa shape index (κ1) is 13.2. The number of aromatic nitrogens is 2. The van der Waals surface area contributed by atoms with Gasteiger partial charge in [0.15, 0.2) is 4.77 Å². The van der Waals surface area contributed by atoms with Gasteiger partial charge in [-0.15, -0.1) is 0 Å². The fourth-order valence-electron chi connectivity index (χ4n) is 1.75. The van der Waals surface area contributed by atoms with Crippen LogP contribution in [0.5, 0.6) is 0 Å². The van der Waals surface area contributed by atoms with E-state index in [-0.39, 0.29) is 5.82 Å². The maximum absolute atomic E-state index is 13.2. The van der Waals surface area contributed by atoms with Crippen molar-refractivity contribution in [3.8, 4) is 0 Å². The molecule has 2 rings (SSSR count). The van der Waals surface area contributed by atoms with E-state index in [1.165, 1.54) is 12.1 Å². The number of methoxy groups -OCH3 is 1. The predicted molar refractivity (Wildman–Crippen MR) is 69.8 cm³/mol. The van der Waals surface area contributed by atoms with E-state index in [2.05, 4.69) is 4.98 Å². The average Bonchev–Trinajstić information content (AvgIpc) is 2.65. The first-order chi connectivity index (χ1) is 8.72. The van der Waals surface area contributed by atoms with Gasteiger partial charge in [0.1, 0.15) is 5.82 Å². The van der Waals surface area contributed by atoms with Crippen molar-refractivity contribution in [1.29, 1.82) is 0 Å². The molecule has 4 nitrogen and oxygen atoms in total. The van der Waals surface area contributed by atoms with Crippen LogP contribution in [0, 0.1) is 10.6 Å². The van der Waals surface area contributed by atoms with Crippen molar-refractivity contribution >= 4 is 23.3 Å². The standard InChI is InChI=1S/C12H15FN2O2S/c1-16-6-7-17-5-4-15-11-8-9(13)2-3-10(11)14-12(15)18/h2-3,8H,4-7H2,1H3,(H,14,18). The monoisotopic (exact) mass is 270 g/mol. The van der Waals surface area contributed by atoms with Crippen LogP contribution in [0.3, 0.4) is 0 Å². The molecule has 0 aliphatic heterocycles. The molecule has 2 aromatic rings. The van der Waals surface area contributed by atoms with E-state index in [1.807, 2.05) is 4.57 Å². The highest BCUT2D eigenvalue weighted by Crippen LogP contribution is 2.15. The van der Waals surface area contributed by atoms with Crippen molar-refractivity contribution < 1.29 is 13.9 Å². The Kier molecular flexibility index (Phi) is 4.46. The lowest BCUT2D eigenvalue weighted by atomic mass is 10.3. The van der Waals surface area contributed by atoms with E-state index >= 15 is 0 Å². The smallest absolute Gasteiger partial charge is 0.178 e. The Balaban J connectivity index is 2.10. The lowest BCUT2D eigenvalue weighted by Crippen LogP contribution is -2.09. The Morgan fingerprint density at radius 1 is 1.33 bits per heavy atom. The van der Waals surface area contributed by atoms with Crippen molar-refractivity contribution in [2.75, 3.05) is 26.9 Å². The summed E-state index contributed by atoms with van der Waals surface area (Å²) in [5.41, 5.74) is 1.59. The second kappa shape index (κ2) is 6.08. The average molecular weight is 270 g/mol. The third-order valence-corrected chi connectivity index (χ3v) is 2.95. The summed E-state index contributed by atoms with van der Waals surface area (Å²) in [5.74, 6) is -0.273.